The highest BCUT2D eigenvalue weighted by molar-refractivity contribution is 6.31. The van der Waals surface area contributed by atoms with Crippen LogP contribution < -0.4 is 4.90 Å². The zero-order chi connectivity index (χ0) is 17.5. The van der Waals surface area contributed by atoms with E-state index in [-0.39, 0.29) is 5.91 Å². The number of hydrogen-bond donors (Lipinski definition) is 0. The minimum atomic E-state index is 0.0417. The van der Waals surface area contributed by atoms with Gasteiger partial charge in [-0.05, 0) is 50.6 Å². The number of nitrogens with zero attached hydrogens (tertiary/aromatic N) is 3. The van der Waals surface area contributed by atoms with Gasteiger partial charge in [-0.2, -0.15) is 5.26 Å². The standard InChI is InChI=1S/C19H26ClN3O/c1-15-13-17(9-10-18(15)20)23(12-6-11-21)19(24)14-22(2)16-7-4-3-5-8-16/h9-10,13,16H,3-8,12,14H2,1-2H3. The molecule has 2 rings (SSSR count). The molecule has 0 N–H and O–H groups in total. The Hall–Kier alpha value is -1.57. The first kappa shape index (κ1) is 18.8. The van der Waals surface area contributed by atoms with Gasteiger partial charge in [-0.3, -0.25) is 9.69 Å². The van der Waals surface area contributed by atoms with E-state index in [9.17, 15) is 4.79 Å². The number of amides is 1. The molecule has 0 aliphatic heterocycles. The van der Waals surface area contributed by atoms with Crippen LogP contribution in [-0.2, 0) is 4.79 Å². The van der Waals surface area contributed by atoms with E-state index in [0.717, 1.165) is 11.3 Å². The molecule has 0 atom stereocenters. The fourth-order valence-electron chi connectivity index (χ4n) is 3.31. The molecule has 4 nitrogen and oxygen atoms in total. The first-order valence-electron chi connectivity index (χ1n) is 8.66. The fraction of sp³-hybridized carbons (Fsp3) is 0.579. The molecule has 0 heterocycles. The second-order valence-corrected chi connectivity index (χ2v) is 7.00. The second-order valence-electron chi connectivity index (χ2n) is 6.59. The van der Waals surface area contributed by atoms with Crippen molar-refractivity contribution in [2.75, 3.05) is 25.0 Å². The van der Waals surface area contributed by atoms with Crippen molar-refractivity contribution < 1.29 is 4.79 Å². The molecule has 1 aliphatic carbocycles. The normalized spacial score (nSPS) is 15.3. The van der Waals surface area contributed by atoms with Crippen molar-refractivity contribution in [3.8, 4) is 6.07 Å². The van der Waals surface area contributed by atoms with Gasteiger partial charge in [0.1, 0.15) is 0 Å². The van der Waals surface area contributed by atoms with Gasteiger partial charge in [0.2, 0.25) is 5.91 Å². The summed E-state index contributed by atoms with van der Waals surface area (Å²) >= 11 is 6.09. The van der Waals surface area contributed by atoms with Crippen LogP contribution in [0.25, 0.3) is 0 Å². The van der Waals surface area contributed by atoms with Crippen LogP contribution in [0.5, 0.6) is 0 Å². The largest absolute Gasteiger partial charge is 0.310 e. The lowest BCUT2D eigenvalue weighted by atomic mass is 9.94. The van der Waals surface area contributed by atoms with Crippen LogP contribution >= 0.6 is 11.6 Å². The molecule has 1 fully saturated rings. The zero-order valence-electron chi connectivity index (χ0n) is 14.6. The monoisotopic (exact) mass is 347 g/mol. The molecule has 130 valence electrons. The highest BCUT2D eigenvalue weighted by atomic mass is 35.5. The van der Waals surface area contributed by atoms with Crippen molar-refractivity contribution >= 4 is 23.2 Å². The third kappa shape index (κ3) is 4.96. The Bertz CT molecular complexity index is 605. The molecule has 0 unspecified atom stereocenters. The number of halogens is 1. The van der Waals surface area contributed by atoms with E-state index < -0.39 is 0 Å². The number of likely N-dealkylation sites (N-methyl/N-ethyl adjacent to an activating group) is 1. The molecule has 1 aromatic carbocycles. The van der Waals surface area contributed by atoms with Crippen molar-refractivity contribution in [1.29, 1.82) is 5.26 Å². The predicted molar refractivity (Wildman–Crippen MR) is 98.3 cm³/mol. The highest BCUT2D eigenvalue weighted by Gasteiger charge is 2.23. The summed E-state index contributed by atoms with van der Waals surface area (Å²) in [5.74, 6) is 0.0417. The van der Waals surface area contributed by atoms with Gasteiger partial charge in [-0.15, -0.1) is 0 Å². The molecule has 5 heteroatoms. The summed E-state index contributed by atoms with van der Waals surface area (Å²) in [6.07, 6.45) is 6.46. The van der Waals surface area contributed by atoms with Crippen LogP contribution in [0.3, 0.4) is 0 Å². The smallest absolute Gasteiger partial charge is 0.241 e. The van der Waals surface area contributed by atoms with Crippen molar-refractivity contribution in [3.05, 3.63) is 28.8 Å². The maximum absolute atomic E-state index is 12.8. The van der Waals surface area contributed by atoms with E-state index in [2.05, 4.69) is 11.0 Å². The van der Waals surface area contributed by atoms with Crippen LogP contribution in [0.15, 0.2) is 18.2 Å². The third-order valence-corrected chi connectivity index (χ3v) is 5.21. The van der Waals surface area contributed by atoms with E-state index in [1.165, 1.54) is 32.1 Å². The van der Waals surface area contributed by atoms with Gasteiger partial charge in [-0.1, -0.05) is 30.9 Å². The summed E-state index contributed by atoms with van der Waals surface area (Å²) in [5, 5.41) is 9.59. The summed E-state index contributed by atoms with van der Waals surface area (Å²) in [4.78, 5) is 16.7. The van der Waals surface area contributed by atoms with Crippen molar-refractivity contribution in [1.82, 2.24) is 4.90 Å². The number of carbonyl (C=O) groups excluding carboxylic acids is 1. The molecule has 0 aromatic heterocycles. The Morgan fingerprint density at radius 1 is 1.33 bits per heavy atom. The second kappa shape index (κ2) is 9.05. The number of aryl methyl sites for hydroxylation is 1. The molecule has 0 spiro atoms. The maximum Gasteiger partial charge on any atom is 0.241 e. The molecule has 24 heavy (non-hydrogen) atoms. The van der Waals surface area contributed by atoms with Gasteiger partial charge in [0.15, 0.2) is 0 Å². The molecule has 1 aromatic rings. The Morgan fingerprint density at radius 3 is 2.67 bits per heavy atom. The Kier molecular flexibility index (Phi) is 7.08. The van der Waals surface area contributed by atoms with Crippen molar-refractivity contribution in [2.45, 2.75) is 51.5 Å². The van der Waals surface area contributed by atoms with E-state index in [1.54, 1.807) is 4.90 Å². The Morgan fingerprint density at radius 2 is 2.04 bits per heavy atom. The summed E-state index contributed by atoms with van der Waals surface area (Å²) in [5.41, 5.74) is 1.75. The quantitative estimate of drug-likeness (QED) is 0.776. The SMILES string of the molecule is Cc1cc(N(CCC#N)C(=O)CN(C)C2CCCCC2)ccc1Cl. The molecule has 1 saturated carbocycles. The van der Waals surface area contributed by atoms with Gasteiger partial charge in [0.25, 0.3) is 0 Å². The number of benzene rings is 1. The lowest BCUT2D eigenvalue weighted by Crippen LogP contribution is -2.43. The summed E-state index contributed by atoms with van der Waals surface area (Å²) in [6.45, 7) is 2.72. The van der Waals surface area contributed by atoms with Crippen LogP contribution in [0.4, 0.5) is 5.69 Å². The fourth-order valence-corrected chi connectivity index (χ4v) is 3.42. The van der Waals surface area contributed by atoms with Crippen LogP contribution in [0.1, 0.15) is 44.1 Å². The minimum absolute atomic E-state index is 0.0417. The molecule has 1 amide bonds. The predicted octanol–water partition coefficient (Wildman–Crippen LogP) is 4.16. The van der Waals surface area contributed by atoms with Crippen LogP contribution in [0, 0.1) is 18.3 Å². The number of rotatable bonds is 6. The summed E-state index contributed by atoms with van der Waals surface area (Å²) in [6, 6.07) is 8.20. The molecule has 1 aliphatic rings. The van der Waals surface area contributed by atoms with Gasteiger partial charge in [0, 0.05) is 23.3 Å². The van der Waals surface area contributed by atoms with Crippen LogP contribution in [0.2, 0.25) is 5.02 Å². The first-order chi connectivity index (χ1) is 11.5. The molecule has 0 bridgehead atoms. The molecular weight excluding hydrogens is 322 g/mol. The van der Waals surface area contributed by atoms with Crippen LogP contribution in [-0.4, -0.2) is 37.0 Å². The maximum atomic E-state index is 12.8. The number of hydrogen-bond acceptors (Lipinski definition) is 3. The van der Waals surface area contributed by atoms with Gasteiger partial charge in [0.05, 0.1) is 19.0 Å². The lowest BCUT2D eigenvalue weighted by Gasteiger charge is -2.32. The lowest BCUT2D eigenvalue weighted by molar-refractivity contribution is -0.120. The summed E-state index contributed by atoms with van der Waals surface area (Å²) < 4.78 is 0. The zero-order valence-corrected chi connectivity index (χ0v) is 15.4. The minimum Gasteiger partial charge on any atom is -0.310 e. The Balaban J connectivity index is 2.09. The topological polar surface area (TPSA) is 47.3 Å². The Labute approximate surface area is 150 Å². The molecular formula is C19H26ClN3O. The number of anilines is 1. The third-order valence-electron chi connectivity index (χ3n) is 4.78. The molecule has 0 saturated heterocycles. The van der Waals surface area contributed by atoms with Gasteiger partial charge >= 0.3 is 0 Å². The molecule has 0 radical (unpaired) electrons. The van der Waals surface area contributed by atoms with E-state index in [0.29, 0.717) is 30.6 Å². The average molecular weight is 348 g/mol. The van der Waals surface area contributed by atoms with E-state index in [4.69, 9.17) is 16.9 Å². The highest BCUT2D eigenvalue weighted by Crippen LogP contribution is 2.24. The first-order valence-corrected chi connectivity index (χ1v) is 9.04. The summed E-state index contributed by atoms with van der Waals surface area (Å²) in [7, 11) is 2.03. The van der Waals surface area contributed by atoms with Crippen molar-refractivity contribution in [2.24, 2.45) is 0 Å². The van der Waals surface area contributed by atoms with Crippen molar-refractivity contribution in [3.63, 3.8) is 0 Å². The average Bonchev–Trinajstić information content (AvgIpc) is 2.59. The number of carbonyl (C=O) groups is 1. The van der Waals surface area contributed by atoms with E-state index in [1.807, 2.05) is 32.2 Å². The van der Waals surface area contributed by atoms with Gasteiger partial charge in [-0.25, -0.2) is 0 Å². The van der Waals surface area contributed by atoms with E-state index >= 15 is 0 Å². The number of nitriles is 1. The van der Waals surface area contributed by atoms with Gasteiger partial charge < -0.3 is 4.90 Å².